The van der Waals surface area contributed by atoms with Crippen LogP contribution in [0.25, 0.3) is 0 Å². The molecule has 0 heterocycles. The second-order valence-electron chi connectivity index (χ2n) is 7.47. The second-order valence-corrected chi connectivity index (χ2v) is 7.47. The van der Waals surface area contributed by atoms with Gasteiger partial charge in [0.25, 0.3) is 5.91 Å². The van der Waals surface area contributed by atoms with Gasteiger partial charge in [0.1, 0.15) is 0 Å². The van der Waals surface area contributed by atoms with Crippen LogP contribution in [0.5, 0.6) is 0 Å². The molecule has 1 aliphatic rings. The molecule has 2 amide bonds. The number of imide groups is 1. The Bertz CT molecular complexity index is 670. The molecule has 1 rings (SSSR count). The van der Waals surface area contributed by atoms with Crippen molar-refractivity contribution in [3.63, 3.8) is 0 Å². The van der Waals surface area contributed by atoms with Gasteiger partial charge in [-0.15, -0.1) is 0 Å². The fourth-order valence-corrected chi connectivity index (χ4v) is 3.10. The first kappa shape index (κ1) is 20.9. The van der Waals surface area contributed by atoms with Crippen LogP contribution in [0.1, 0.15) is 60.8 Å². The lowest BCUT2D eigenvalue weighted by molar-refractivity contribution is -0.126. The molecule has 0 saturated carbocycles. The number of allylic oxidation sites excluding steroid dienone is 9. The quantitative estimate of drug-likeness (QED) is 0.553. The molecule has 3 heteroatoms. The van der Waals surface area contributed by atoms with Crippen LogP contribution in [0, 0.1) is 5.41 Å². The third-order valence-electron chi connectivity index (χ3n) is 4.43. The maximum Gasteiger partial charge on any atom is 0.250 e. The second kappa shape index (κ2) is 9.36. The topological polar surface area (TPSA) is 46.2 Å². The minimum absolute atomic E-state index is 0.248. The Morgan fingerprint density at radius 2 is 1.76 bits per heavy atom. The van der Waals surface area contributed by atoms with Crippen molar-refractivity contribution in [3.05, 3.63) is 58.7 Å². The number of carbonyl (C=O) groups is 2. The summed E-state index contributed by atoms with van der Waals surface area (Å²) in [5.74, 6) is -0.744. The number of hydrogen-bond acceptors (Lipinski definition) is 2. The van der Waals surface area contributed by atoms with Gasteiger partial charge in [-0.05, 0) is 56.6 Å². The highest BCUT2D eigenvalue weighted by Gasteiger charge is 2.26. The minimum atomic E-state index is -0.391. The van der Waals surface area contributed by atoms with E-state index in [-0.39, 0.29) is 11.3 Å². The molecule has 1 aliphatic carbocycles. The molecule has 1 N–H and O–H groups in total. The molecule has 3 nitrogen and oxygen atoms in total. The molecule has 0 aromatic carbocycles. The number of nitrogens with one attached hydrogen (secondary N) is 1. The molecule has 0 radical (unpaired) electrons. The first-order chi connectivity index (χ1) is 11.6. The van der Waals surface area contributed by atoms with Gasteiger partial charge in [0.05, 0.1) is 0 Å². The van der Waals surface area contributed by atoms with Gasteiger partial charge < -0.3 is 0 Å². The predicted octanol–water partition coefficient (Wildman–Crippen LogP) is 5.18. The van der Waals surface area contributed by atoms with E-state index >= 15 is 0 Å². The average Bonchev–Trinajstić information content (AvgIpc) is 2.44. The highest BCUT2D eigenvalue weighted by molar-refractivity contribution is 6.00. The molecular weight excluding hydrogens is 310 g/mol. The number of carbonyl (C=O) groups excluding carboxylic acids is 2. The van der Waals surface area contributed by atoms with Crippen LogP contribution in [0.15, 0.2) is 58.7 Å². The molecule has 0 fully saturated rings. The summed E-state index contributed by atoms with van der Waals surface area (Å²) in [7, 11) is 0. The van der Waals surface area contributed by atoms with Crippen molar-refractivity contribution >= 4 is 11.8 Å². The van der Waals surface area contributed by atoms with E-state index in [2.05, 4.69) is 45.2 Å². The Kier molecular flexibility index (Phi) is 7.82. The van der Waals surface area contributed by atoms with Gasteiger partial charge in [-0.25, -0.2) is 0 Å². The largest absolute Gasteiger partial charge is 0.293 e. The van der Waals surface area contributed by atoms with Crippen LogP contribution in [-0.4, -0.2) is 11.8 Å². The van der Waals surface area contributed by atoms with Crippen molar-refractivity contribution in [1.29, 1.82) is 0 Å². The lowest BCUT2D eigenvalue weighted by Crippen LogP contribution is -2.26. The molecule has 0 unspecified atom stereocenters. The van der Waals surface area contributed by atoms with Crippen LogP contribution in [0.4, 0.5) is 0 Å². The van der Waals surface area contributed by atoms with Gasteiger partial charge in [-0.3, -0.25) is 14.9 Å². The molecule has 0 aliphatic heterocycles. The summed E-state index contributed by atoms with van der Waals surface area (Å²) in [5, 5.41) is 2.22. The molecule has 0 saturated heterocycles. The SMILES string of the molecule is CC(=O)NC(=O)/C=C(C)/C=C/C=C(C)/C=C/C1=C(C)CCCC1(C)C. The predicted molar refractivity (Wildman–Crippen MR) is 105 cm³/mol. The zero-order valence-electron chi connectivity index (χ0n) is 16.4. The van der Waals surface area contributed by atoms with Crippen LogP contribution >= 0.6 is 0 Å². The van der Waals surface area contributed by atoms with Crippen molar-refractivity contribution in [2.75, 3.05) is 0 Å². The normalized spacial score (nSPS) is 19.0. The van der Waals surface area contributed by atoms with E-state index in [0.29, 0.717) is 0 Å². The molecular formula is C22H31NO2. The standard InChI is InChI=1S/C22H31NO2/c1-16(9-7-10-17(2)15-21(25)23-19(4)24)12-13-20-18(3)11-8-14-22(20,5)6/h7,9-10,12-13,15H,8,11,14H2,1-6H3,(H,23,24,25)/b10-7+,13-12+,16-9+,17-15+. The van der Waals surface area contributed by atoms with Crippen LogP contribution in [0.3, 0.4) is 0 Å². The Labute approximate surface area is 152 Å². The molecule has 0 atom stereocenters. The molecule has 0 bridgehead atoms. The lowest BCUT2D eigenvalue weighted by atomic mass is 9.72. The molecule has 136 valence electrons. The maximum atomic E-state index is 11.5. The van der Waals surface area contributed by atoms with Gasteiger partial charge in [0.2, 0.25) is 5.91 Å². The third kappa shape index (κ3) is 7.51. The van der Waals surface area contributed by atoms with E-state index in [4.69, 9.17) is 0 Å². The maximum absolute atomic E-state index is 11.5. The van der Waals surface area contributed by atoms with Gasteiger partial charge in [-0.1, -0.05) is 55.4 Å². The summed E-state index contributed by atoms with van der Waals surface area (Å²) in [6.45, 7) is 12.1. The number of hydrogen-bond donors (Lipinski definition) is 1. The van der Waals surface area contributed by atoms with Crippen molar-refractivity contribution < 1.29 is 9.59 Å². The summed E-state index contributed by atoms with van der Waals surface area (Å²) in [5.41, 5.74) is 5.13. The van der Waals surface area contributed by atoms with Crippen LogP contribution < -0.4 is 5.32 Å². The monoisotopic (exact) mass is 341 g/mol. The number of rotatable bonds is 5. The van der Waals surface area contributed by atoms with E-state index in [9.17, 15) is 9.59 Å². The fraction of sp³-hybridized carbons (Fsp3) is 0.455. The average molecular weight is 341 g/mol. The van der Waals surface area contributed by atoms with Gasteiger partial charge in [0.15, 0.2) is 0 Å². The summed E-state index contributed by atoms with van der Waals surface area (Å²) in [4.78, 5) is 22.3. The summed E-state index contributed by atoms with van der Waals surface area (Å²) < 4.78 is 0. The zero-order chi connectivity index (χ0) is 19.0. The molecule has 0 aromatic heterocycles. The highest BCUT2D eigenvalue weighted by Crippen LogP contribution is 2.40. The van der Waals surface area contributed by atoms with Crippen LogP contribution in [0.2, 0.25) is 0 Å². The Morgan fingerprint density at radius 1 is 1.08 bits per heavy atom. The van der Waals surface area contributed by atoms with Crippen molar-refractivity contribution in [2.45, 2.75) is 60.8 Å². The van der Waals surface area contributed by atoms with E-state index < -0.39 is 5.91 Å². The highest BCUT2D eigenvalue weighted by atomic mass is 16.2. The van der Waals surface area contributed by atoms with Gasteiger partial charge >= 0.3 is 0 Å². The van der Waals surface area contributed by atoms with E-state index in [1.807, 2.05) is 25.2 Å². The zero-order valence-corrected chi connectivity index (χ0v) is 16.4. The summed E-state index contributed by atoms with van der Waals surface area (Å²) in [6, 6.07) is 0. The summed E-state index contributed by atoms with van der Waals surface area (Å²) >= 11 is 0. The van der Waals surface area contributed by atoms with Crippen molar-refractivity contribution in [3.8, 4) is 0 Å². The fourth-order valence-electron chi connectivity index (χ4n) is 3.10. The lowest BCUT2D eigenvalue weighted by Gasteiger charge is -2.32. The van der Waals surface area contributed by atoms with E-state index in [0.717, 1.165) is 11.1 Å². The molecule has 25 heavy (non-hydrogen) atoms. The summed E-state index contributed by atoms with van der Waals surface area (Å²) in [6.07, 6.45) is 15.3. The third-order valence-corrected chi connectivity index (χ3v) is 4.43. The Hall–Kier alpha value is -2.16. The van der Waals surface area contributed by atoms with Crippen molar-refractivity contribution in [1.82, 2.24) is 5.32 Å². The Balaban J connectivity index is 2.74. The first-order valence-electron chi connectivity index (χ1n) is 8.85. The number of amides is 2. The molecule has 0 spiro atoms. The minimum Gasteiger partial charge on any atom is -0.293 e. The van der Waals surface area contributed by atoms with Crippen molar-refractivity contribution in [2.24, 2.45) is 5.41 Å². The van der Waals surface area contributed by atoms with Gasteiger partial charge in [0, 0.05) is 13.0 Å². The smallest absolute Gasteiger partial charge is 0.250 e. The first-order valence-corrected chi connectivity index (χ1v) is 8.85. The van der Waals surface area contributed by atoms with Crippen LogP contribution in [-0.2, 0) is 9.59 Å². The Morgan fingerprint density at radius 3 is 2.36 bits per heavy atom. The van der Waals surface area contributed by atoms with E-state index in [1.54, 1.807) is 0 Å². The van der Waals surface area contributed by atoms with E-state index in [1.165, 1.54) is 43.4 Å². The molecule has 0 aromatic rings. The van der Waals surface area contributed by atoms with Gasteiger partial charge in [-0.2, -0.15) is 0 Å².